The monoisotopic (exact) mass is 267 g/mol. The van der Waals surface area contributed by atoms with Crippen LogP contribution in [-0.4, -0.2) is 21.9 Å². The molecule has 1 aromatic heterocycles. The highest BCUT2D eigenvalue weighted by atomic mass is 35.5. The molecule has 1 fully saturated rings. The third kappa shape index (κ3) is 2.99. The van der Waals surface area contributed by atoms with Crippen LogP contribution in [0.15, 0.2) is 12.4 Å². The lowest BCUT2D eigenvalue weighted by Crippen LogP contribution is -2.43. The average molecular weight is 268 g/mol. The summed E-state index contributed by atoms with van der Waals surface area (Å²) < 4.78 is 0. The standard InChI is InChI=1S/C13H18ClN3O/c1-8-4-3-5-10(9(8)2)17-13(18)11-6-15-7-12(14)16-11/h6-10H,3-5H2,1-2H3,(H,17,18). The molecule has 1 aliphatic carbocycles. The van der Waals surface area contributed by atoms with Crippen molar-refractivity contribution in [1.29, 1.82) is 0 Å². The normalized spacial score (nSPS) is 27.8. The molecule has 0 spiro atoms. The average Bonchev–Trinajstić information content (AvgIpc) is 2.35. The van der Waals surface area contributed by atoms with Crippen molar-refractivity contribution in [3.05, 3.63) is 23.2 Å². The Kier molecular flexibility index (Phi) is 4.17. The zero-order valence-electron chi connectivity index (χ0n) is 10.7. The second kappa shape index (κ2) is 5.65. The van der Waals surface area contributed by atoms with Gasteiger partial charge >= 0.3 is 0 Å². The first-order valence-electron chi connectivity index (χ1n) is 6.36. The number of hydrogen-bond acceptors (Lipinski definition) is 3. The van der Waals surface area contributed by atoms with Crippen LogP contribution in [0.5, 0.6) is 0 Å². The van der Waals surface area contributed by atoms with Crippen LogP contribution in [0.2, 0.25) is 5.15 Å². The Morgan fingerprint density at radius 3 is 2.89 bits per heavy atom. The van der Waals surface area contributed by atoms with Gasteiger partial charge in [-0.25, -0.2) is 4.98 Å². The summed E-state index contributed by atoms with van der Waals surface area (Å²) in [5.74, 6) is 0.959. The predicted molar refractivity (Wildman–Crippen MR) is 70.5 cm³/mol. The van der Waals surface area contributed by atoms with Crippen LogP contribution in [0.4, 0.5) is 0 Å². The number of amides is 1. The highest BCUT2D eigenvalue weighted by Gasteiger charge is 2.28. The molecule has 3 unspecified atom stereocenters. The summed E-state index contributed by atoms with van der Waals surface area (Å²) in [5, 5.41) is 3.29. The Morgan fingerprint density at radius 2 is 2.17 bits per heavy atom. The number of carbonyl (C=O) groups excluding carboxylic acids is 1. The van der Waals surface area contributed by atoms with E-state index in [-0.39, 0.29) is 22.8 Å². The van der Waals surface area contributed by atoms with E-state index < -0.39 is 0 Å². The van der Waals surface area contributed by atoms with Gasteiger partial charge in [0, 0.05) is 6.04 Å². The number of halogens is 1. The molecule has 98 valence electrons. The van der Waals surface area contributed by atoms with E-state index in [1.807, 2.05) is 0 Å². The molecule has 1 saturated carbocycles. The maximum Gasteiger partial charge on any atom is 0.271 e. The molecule has 0 aliphatic heterocycles. The van der Waals surface area contributed by atoms with Gasteiger partial charge in [0.05, 0.1) is 12.4 Å². The molecule has 1 heterocycles. The fourth-order valence-electron chi connectivity index (χ4n) is 2.48. The summed E-state index contributed by atoms with van der Waals surface area (Å²) >= 11 is 5.73. The second-order valence-electron chi connectivity index (χ2n) is 5.07. The largest absolute Gasteiger partial charge is 0.348 e. The van der Waals surface area contributed by atoms with E-state index in [0.29, 0.717) is 11.8 Å². The van der Waals surface area contributed by atoms with Gasteiger partial charge in [0.1, 0.15) is 10.8 Å². The van der Waals surface area contributed by atoms with Gasteiger partial charge in [-0.2, -0.15) is 0 Å². The summed E-state index contributed by atoms with van der Waals surface area (Å²) in [6.07, 6.45) is 6.30. The van der Waals surface area contributed by atoms with Crippen LogP contribution < -0.4 is 5.32 Å². The lowest BCUT2D eigenvalue weighted by atomic mass is 9.78. The number of rotatable bonds is 2. The van der Waals surface area contributed by atoms with Crippen molar-refractivity contribution in [3.8, 4) is 0 Å². The van der Waals surface area contributed by atoms with Crippen LogP contribution >= 0.6 is 11.6 Å². The molecule has 5 heteroatoms. The van der Waals surface area contributed by atoms with Gasteiger partial charge in [0.15, 0.2) is 0 Å². The molecule has 0 radical (unpaired) electrons. The number of aromatic nitrogens is 2. The molecule has 2 rings (SSSR count). The summed E-state index contributed by atoms with van der Waals surface area (Å²) in [5.41, 5.74) is 0.285. The van der Waals surface area contributed by atoms with E-state index in [0.717, 1.165) is 12.8 Å². The summed E-state index contributed by atoms with van der Waals surface area (Å²) in [6, 6.07) is 0.224. The molecule has 1 aliphatic rings. The van der Waals surface area contributed by atoms with Crippen LogP contribution in [0.25, 0.3) is 0 Å². The first-order chi connectivity index (χ1) is 8.58. The van der Waals surface area contributed by atoms with Gasteiger partial charge in [-0.3, -0.25) is 9.78 Å². The van der Waals surface area contributed by atoms with Crippen LogP contribution in [0.1, 0.15) is 43.6 Å². The summed E-state index contributed by atoms with van der Waals surface area (Å²) in [4.78, 5) is 19.9. The Morgan fingerprint density at radius 1 is 1.39 bits per heavy atom. The molecular weight excluding hydrogens is 250 g/mol. The summed E-state index contributed by atoms with van der Waals surface area (Å²) in [7, 11) is 0. The van der Waals surface area contributed by atoms with Crippen molar-refractivity contribution in [2.24, 2.45) is 11.8 Å². The smallest absolute Gasteiger partial charge is 0.271 e. The van der Waals surface area contributed by atoms with Crippen molar-refractivity contribution in [1.82, 2.24) is 15.3 Å². The zero-order valence-corrected chi connectivity index (χ0v) is 11.4. The minimum atomic E-state index is -0.184. The molecule has 1 N–H and O–H groups in total. The van der Waals surface area contributed by atoms with Crippen LogP contribution in [-0.2, 0) is 0 Å². The third-order valence-electron chi connectivity index (χ3n) is 3.86. The molecular formula is C13H18ClN3O. The molecule has 18 heavy (non-hydrogen) atoms. The van der Waals surface area contributed by atoms with Gasteiger partial charge in [-0.05, 0) is 18.3 Å². The molecule has 4 nitrogen and oxygen atoms in total. The van der Waals surface area contributed by atoms with E-state index in [1.54, 1.807) is 0 Å². The van der Waals surface area contributed by atoms with Gasteiger partial charge in [-0.1, -0.05) is 38.3 Å². The summed E-state index contributed by atoms with van der Waals surface area (Å²) in [6.45, 7) is 4.43. The number of hydrogen-bond donors (Lipinski definition) is 1. The Bertz CT molecular complexity index is 438. The maximum absolute atomic E-state index is 12.0. The molecule has 1 aromatic rings. The fourth-order valence-corrected chi connectivity index (χ4v) is 2.63. The number of nitrogens with zero attached hydrogens (tertiary/aromatic N) is 2. The van der Waals surface area contributed by atoms with Crippen molar-refractivity contribution < 1.29 is 4.79 Å². The lowest BCUT2D eigenvalue weighted by molar-refractivity contribution is 0.0885. The van der Waals surface area contributed by atoms with E-state index in [2.05, 4.69) is 29.1 Å². The predicted octanol–water partition coefficient (Wildman–Crippen LogP) is 2.68. The molecule has 0 bridgehead atoms. The third-order valence-corrected chi connectivity index (χ3v) is 4.04. The minimum absolute atomic E-state index is 0.184. The number of nitrogens with one attached hydrogen (secondary N) is 1. The van der Waals surface area contributed by atoms with E-state index in [1.165, 1.54) is 18.8 Å². The highest BCUT2D eigenvalue weighted by molar-refractivity contribution is 6.29. The van der Waals surface area contributed by atoms with Gasteiger partial charge in [-0.15, -0.1) is 0 Å². The highest BCUT2D eigenvalue weighted by Crippen LogP contribution is 2.29. The first-order valence-corrected chi connectivity index (χ1v) is 6.74. The molecule has 3 atom stereocenters. The maximum atomic E-state index is 12.0. The van der Waals surface area contributed by atoms with Crippen molar-refractivity contribution >= 4 is 17.5 Å². The Hall–Kier alpha value is -1.16. The Balaban J connectivity index is 2.03. The number of carbonyl (C=O) groups is 1. The van der Waals surface area contributed by atoms with Crippen molar-refractivity contribution in [2.75, 3.05) is 0 Å². The quantitative estimate of drug-likeness (QED) is 0.896. The molecule has 0 saturated heterocycles. The fraction of sp³-hybridized carbons (Fsp3) is 0.615. The lowest BCUT2D eigenvalue weighted by Gasteiger charge is -2.34. The van der Waals surface area contributed by atoms with Gasteiger partial charge < -0.3 is 5.32 Å². The van der Waals surface area contributed by atoms with E-state index >= 15 is 0 Å². The first kappa shape index (κ1) is 13.3. The van der Waals surface area contributed by atoms with Crippen molar-refractivity contribution in [3.63, 3.8) is 0 Å². The second-order valence-corrected chi connectivity index (χ2v) is 5.46. The molecule has 0 aromatic carbocycles. The Labute approximate surface area is 112 Å². The van der Waals surface area contributed by atoms with Crippen LogP contribution in [0.3, 0.4) is 0 Å². The molecule has 1 amide bonds. The van der Waals surface area contributed by atoms with Gasteiger partial charge in [0.2, 0.25) is 0 Å². The van der Waals surface area contributed by atoms with Crippen molar-refractivity contribution in [2.45, 2.75) is 39.2 Å². The van der Waals surface area contributed by atoms with E-state index in [9.17, 15) is 4.79 Å². The van der Waals surface area contributed by atoms with Gasteiger partial charge in [0.25, 0.3) is 5.91 Å². The minimum Gasteiger partial charge on any atom is -0.348 e. The zero-order chi connectivity index (χ0) is 13.1. The SMILES string of the molecule is CC1CCCC(NC(=O)c2cncc(Cl)n2)C1C. The van der Waals surface area contributed by atoms with E-state index in [4.69, 9.17) is 11.6 Å². The van der Waals surface area contributed by atoms with Crippen LogP contribution in [0, 0.1) is 11.8 Å². The topological polar surface area (TPSA) is 54.9 Å².